The maximum atomic E-state index is 12.6. The van der Waals surface area contributed by atoms with E-state index in [0.717, 1.165) is 19.6 Å². The van der Waals surface area contributed by atoms with Gasteiger partial charge < -0.3 is 9.32 Å². The van der Waals surface area contributed by atoms with E-state index in [0.29, 0.717) is 35.8 Å². The molecule has 1 aliphatic heterocycles. The second-order valence-corrected chi connectivity index (χ2v) is 7.96. The highest BCUT2D eigenvalue weighted by Crippen LogP contribution is 2.19. The molecular formula is C22H24ClN3O3. The molecule has 0 unspecified atom stereocenters. The summed E-state index contributed by atoms with van der Waals surface area (Å²) in [7, 11) is 0. The van der Waals surface area contributed by atoms with Gasteiger partial charge in [-0.1, -0.05) is 41.4 Å². The molecule has 0 atom stereocenters. The maximum Gasteiger partial charge on any atom is 0.419 e. The Kier molecular flexibility index (Phi) is 5.74. The molecule has 1 aromatic heterocycles. The molecule has 2 heterocycles. The number of fused-ring (bicyclic) bond motifs is 1. The van der Waals surface area contributed by atoms with Crippen LogP contribution in [0.4, 0.5) is 0 Å². The summed E-state index contributed by atoms with van der Waals surface area (Å²) in [5.41, 5.74) is 3.67. The summed E-state index contributed by atoms with van der Waals surface area (Å²) in [4.78, 5) is 29.0. The number of amides is 1. The molecule has 1 aliphatic rings. The molecule has 1 amide bonds. The van der Waals surface area contributed by atoms with Crippen molar-refractivity contribution in [2.24, 2.45) is 0 Å². The minimum Gasteiger partial charge on any atom is -0.408 e. The largest absolute Gasteiger partial charge is 0.419 e. The van der Waals surface area contributed by atoms with Gasteiger partial charge in [0.1, 0.15) is 0 Å². The molecule has 0 N–H and O–H groups in total. The lowest BCUT2D eigenvalue weighted by atomic mass is 10.1. The van der Waals surface area contributed by atoms with Crippen LogP contribution in [0, 0.1) is 6.92 Å². The Morgan fingerprint density at radius 3 is 2.66 bits per heavy atom. The van der Waals surface area contributed by atoms with Crippen LogP contribution < -0.4 is 5.76 Å². The molecular weight excluding hydrogens is 390 g/mol. The van der Waals surface area contributed by atoms with Gasteiger partial charge in [0.15, 0.2) is 5.58 Å². The Labute approximate surface area is 174 Å². The zero-order valence-corrected chi connectivity index (χ0v) is 17.2. The van der Waals surface area contributed by atoms with Crippen molar-refractivity contribution in [1.82, 2.24) is 14.4 Å². The number of nitrogens with zero attached hydrogens (tertiary/aromatic N) is 3. The first kappa shape index (κ1) is 19.7. The summed E-state index contributed by atoms with van der Waals surface area (Å²) in [6, 6.07) is 13.6. The molecule has 0 saturated carbocycles. The normalized spacial score (nSPS) is 15.2. The van der Waals surface area contributed by atoms with E-state index in [2.05, 4.69) is 36.1 Å². The van der Waals surface area contributed by atoms with E-state index in [1.54, 1.807) is 18.2 Å². The van der Waals surface area contributed by atoms with Crippen LogP contribution in [0.1, 0.15) is 17.5 Å². The monoisotopic (exact) mass is 413 g/mol. The molecule has 0 spiro atoms. The summed E-state index contributed by atoms with van der Waals surface area (Å²) in [6.45, 7) is 6.43. The average molecular weight is 414 g/mol. The number of benzene rings is 2. The molecule has 0 bridgehead atoms. The lowest BCUT2D eigenvalue weighted by Gasteiger charge is -2.35. The van der Waals surface area contributed by atoms with Gasteiger partial charge >= 0.3 is 5.76 Å². The summed E-state index contributed by atoms with van der Waals surface area (Å²) in [6.07, 6.45) is 0.273. The lowest BCUT2D eigenvalue weighted by molar-refractivity contribution is -0.133. The van der Waals surface area contributed by atoms with Crippen molar-refractivity contribution in [2.45, 2.75) is 26.4 Å². The highest BCUT2D eigenvalue weighted by molar-refractivity contribution is 6.31. The van der Waals surface area contributed by atoms with Gasteiger partial charge in [-0.05, 0) is 24.6 Å². The number of aryl methyl sites for hydroxylation is 2. The predicted octanol–water partition coefficient (Wildman–Crippen LogP) is 3.29. The number of hydrogen-bond acceptors (Lipinski definition) is 4. The van der Waals surface area contributed by atoms with Crippen LogP contribution in [0.25, 0.3) is 11.1 Å². The number of aromatic nitrogens is 1. The van der Waals surface area contributed by atoms with Crippen LogP contribution in [-0.4, -0.2) is 46.5 Å². The SMILES string of the molecule is Cc1cccc(CN2CCN(C(=O)CCn3c(=O)oc4cc(Cl)ccc43)CC2)c1. The van der Waals surface area contributed by atoms with Gasteiger partial charge in [-0.3, -0.25) is 14.3 Å². The van der Waals surface area contributed by atoms with Crippen molar-refractivity contribution in [3.05, 3.63) is 69.2 Å². The third-order valence-electron chi connectivity index (χ3n) is 5.39. The van der Waals surface area contributed by atoms with E-state index >= 15 is 0 Å². The van der Waals surface area contributed by atoms with E-state index in [9.17, 15) is 9.59 Å². The molecule has 29 heavy (non-hydrogen) atoms. The van der Waals surface area contributed by atoms with E-state index in [4.69, 9.17) is 16.0 Å². The fourth-order valence-corrected chi connectivity index (χ4v) is 4.00. The number of carbonyl (C=O) groups is 1. The van der Waals surface area contributed by atoms with Crippen LogP contribution in [0.2, 0.25) is 5.02 Å². The van der Waals surface area contributed by atoms with Gasteiger partial charge in [0, 0.05) is 56.8 Å². The average Bonchev–Trinajstić information content (AvgIpc) is 3.00. The smallest absolute Gasteiger partial charge is 0.408 e. The number of piperazine rings is 1. The van der Waals surface area contributed by atoms with Gasteiger partial charge in [-0.25, -0.2) is 4.79 Å². The van der Waals surface area contributed by atoms with Gasteiger partial charge in [-0.2, -0.15) is 0 Å². The Bertz CT molecular complexity index is 1080. The molecule has 152 valence electrons. The van der Waals surface area contributed by atoms with Crippen molar-refractivity contribution < 1.29 is 9.21 Å². The van der Waals surface area contributed by atoms with Crippen molar-refractivity contribution in [3.8, 4) is 0 Å². The number of hydrogen-bond donors (Lipinski definition) is 0. The highest BCUT2D eigenvalue weighted by Gasteiger charge is 2.21. The molecule has 7 heteroatoms. The first-order valence-corrected chi connectivity index (χ1v) is 10.2. The third-order valence-corrected chi connectivity index (χ3v) is 5.63. The van der Waals surface area contributed by atoms with Crippen molar-refractivity contribution in [1.29, 1.82) is 0 Å². The third kappa shape index (κ3) is 4.54. The number of rotatable bonds is 5. The molecule has 0 radical (unpaired) electrons. The quantitative estimate of drug-likeness (QED) is 0.644. The van der Waals surface area contributed by atoms with Gasteiger partial charge in [0.05, 0.1) is 5.52 Å². The van der Waals surface area contributed by atoms with Crippen LogP contribution in [0.3, 0.4) is 0 Å². The van der Waals surface area contributed by atoms with Crippen molar-refractivity contribution in [2.75, 3.05) is 26.2 Å². The molecule has 1 fully saturated rings. The topological polar surface area (TPSA) is 58.7 Å². The Morgan fingerprint density at radius 1 is 1.10 bits per heavy atom. The highest BCUT2D eigenvalue weighted by atomic mass is 35.5. The fraction of sp³-hybridized carbons (Fsp3) is 0.364. The van der Waals surface area contributed by atoms with E-state index < -0.39 is 5.76 Å². The summed E-state index contributed by atoms with van der Waals surface area (Å²) in [5, 5.41) is 0.512. The molecule has 0 aliphatic carbocycles. The Hall–Kier alpha value is -2.57. The zero-order valence-electron chi connectivity index (χ0n) is 16.4. The minimum absolute atomic E-state index is 0.0652. The number of carbonyl (C=O) groups excluding carboxylic acids is 1. The Balaban J connectivity index is 1.31. The Morgan fingerprint density at radius 2 is 1.90 bits per heavy atom. The standard InChI is InChI=1S/C22H24ClN3O3/c1-16-3-2-4-17(13-16)15-24-9-11-25(12-10-24)21(27)7-8-26-19-6-5-18(23)14-20(19)29-22(26)28/h2-6,13-14H,7-12,15H2,1H3. The number of halogens is 1. The summed E-state index contributed by atoms with van der Waals surface area (Å²) < 4.78 is 6.73. The molecule has 6 nitrogen and oxygen atoms in total. The van der Waals surface area contributed by atoms with Crippen LogP contribution in [-0.2, 0) is 17.9 Å². The summed E-state index contributed by atoms with van der Waals surface area (Å²) in [5.74, 6) is -0.395. The fourth-order valence-electron chi connectivity index (χ4n) is 3.84. The van der Waals surface area contributed by atoms with Crippen LogP contribution in [0.5, 0.6) is 0 Å². The van der Waals surface area contributed by atoms with Gasteiger partial charge in [0.25, 0.3) is 0 Å². The number of oxazole rings is 1. The van der Waals surface area contributed by atoms with E-state index in [1.807, 2.05) is 4.90 Å². The van der Waals surface area contributed by atoms with Crippen molar-refractivity contribution >= 4 is 28.6 Å². The first-order chi connectivity index (χ1) is 14.0. The van der Waals surface area contributed by atoms with E-state index in [1.165, 1.54) is 15.7 Å². The van der Waals surface area contributed by atoms with Crippen LogP contribution in [0.15, 0.2) is 51.7 Å². The van der Waals surface area contributed by atoms with Crippen LogP contribution >= 0.6 is 11.6 Å². The minimum atomic E-state index is -0.460. The molecule has 4 rings (SSSR count). The van der Waals surface area contributed by atoms with Crippen molar-refractivity contribution in [3.63, 3.8) is 0 Å². The van der Waals surface area contributed by atoms with E-state index in [-0.39, 0.29) is 12.3 Å². The predicted molar refractivity (Wildman–Crippen MR) is 113 cm³/mol. The zero-order chi connectivity index (χ0) is 20.4. The maximum absolute atomic E-state index is 12.6. The lowest BCUT2D eigenvalue weighted by Crippen LogP contribution is -2.48. The molecule has 1 saturated heterocycles. The second kappa shape index (κ2) is 8.43. The second-order valence-electron chi connectivity index (χ2n) is 7.53. The van der Waals surface area contributed by atoms with Gasteiger partial charge in [0.2, 0.25) is 5.91 Å². The summed E-state index contributed by atoms with van der Waals surface area (Å²) >= 11 is 5.94. The molecule has 3 aromatic rings. The molecule has 2 aromatic carbocycles. The first-order valence-electron chi connectivity index (χ1n) is 9.84. The van der Waals surface area contributed by atoms with Gasteiger partial charge in [-0.15, -0.1) is 0 Å².